The van der Waals surface area contributed by atoms with Gasteiger partial charge in [0.1, 0.15) is 26.4 Å². The van der Waals surface area contributed by atoms with Crippen LogP contribution in [0.25, 0.3) is 6.08 Å². The molecule has 5 nitrogen and oxygen atoms in total. The van der Waals surface area contributed by atoms with Crippen molar-refractivity contribution in [2.24, 2.45) is 0 Å². The Morgan fingerprint density at radius 2 is 1.60 bits per heavy atom. The molecule has 4 rings (SSSR count). The molecule has 0 bridgehead atoms. The largest absolute Gasteiger partial charge is 0.486 e. The van der Waals surface area contributed by atoms with E-state index in [0.717, 1.165) is 5.56 Å². The zero-order valence-corrected chi connectivity index (χ0v) is 14.0. The standard InChI is InChI=1S/C19H15ClO5/c20-14-9-12(10-18-19(14)25-8-7-24-18)1-3-15(21)13-2-4-16-17(11-13)23-6-5-22-16/h1-4,9-11H,5-8H2. The van der Waals surface area contributed by atoms with Crippen molar-refractivity contribution in [1.29, 1.82) is 0 Å². The number of hydrogen-bond acceptors (Lipinski definition) is 5. The smallest absolute Gasteiger partial charge is 0.185 e. The summed E-state index contributed by atoms with van der Waals surface area (Å²) in [5.74, 6) is 2.25. The first kappa shape index (κ1) is 15.8. The van der Waals surface area contributed by atoms with Crippen molar-refractivity contribution in [3.8, 4) is 23.0 Å². The number of fused-ring (bicyclic) bond motifs is 2. The highest BCUT2D eigenvalue weighted by atomic mass is 35.5. The van der Waals surface area contributed by atoms with Crippen LogP contribution >= 0.6 is 11.6 Å². The van der Waals surface area contributed by atoms with Gasteiger partial charge >= 0.3 is 0 Å². The summed E-state index contributed by atoms with van der Waals surface area (Å²) in [5, 5.41) is 0.462. The Hall–Kier alpha value is -2.66. The van der Waals surface area contributed by atoms with Crippen molar-refractivity contribution >= 4 is 23.5 Å². The molecule has 128 valence electrons. The second-order valence-corrected chi connectivity index (χ2v) is 5.99. The Morgan fingerprint density at radius 3 is 2.44 bits per heavy atom. The lowest BCUT2D eigenvalue weighted by Gasteiger charge is -2.19. The average molecular weight is 359 g/mol. The molecule has 0 aliphatic carbocycles. The van der Waals surface area contributed by atoms with Crippen molar-refractivity contribution in [3.05, 3.63) is 52.6 Å². The predicted octanol–water partition coefficient (Wildman–Crippen LogP) is 3.78. The fourth-order valence-electron chi connectivity index (χ4n) is 2.69. The number of hydrogen-bond donors (Lipinski definition) is 0. The normalized spacial score (nSPS) is 15.2. The van der Waals surface area contributed by atoms with Gasteiger partial charge in [0.15, 0.2) is 28.8 Å². The quantitative estimate of drug-likeness (QED) is 0.617. The molecular weight excluding hydrogens is 344 g/mol. The van der Waals surface area contributed by atoms with Gasteiger partial charge in [-0.15, -0.1) is 0 Å². The molecular formula is C19H15ClO5. The maximum absolute atomic E-state index is 12.4. The minimum Gasteiger partial charge on any atom is -0.486 e. The van der Waals surface area contributed by atoms with Crippen LogP contribution in [0.5, 0.6) is 23.0 Å². The van der Waals surface area contributed by atoms with Crippen LogP contribution in [0.4, 0.5) is 0 Å². The van der Waals surface area contributed by atoms with Gasteiger partial charge in [-0.05, 0) is 42.0 Å². The molecule has 0 N–H and O–H groups in total. The van der Waals surface area contributed by atoms with E-state index in [9.17, 15) is 4.79 Å². The van der Waals surface area contributed by atoms with Gasteiger partial charge in [-0.25, -0.2) is 0 Å². The fraction of sp³-hybridized carbons (Fsp3) is 0.211. The molecule has 0 radical (unpaired) electrons. The first-order chi connectivity index (χ1) is 12.2. The minimum atomic E-state index is -0.136. The predicted molar refractivity (Wildman–Crippen MR) is 93.2 cm³/mol. The van der Waals surface area contributed by atoms with Crippen LogP contribution in [0, 0.1) is 0 Å². The lowest BCUT2D eigenvalue weighted by molar-refractivity contribution is 0.104. The summed E-state index contributed by atoms with van der Waals surface area (Å²) in [5.41, 5.74) is 1.30. The molecule has 2 aliphatic heterocycles. The maximum atomic E-state index is 12.4. The van der Waals surface area contributed by atoms with E-state index in [4.69, 9.17) is 30.5 Å². The fourth-order valence-corrected chi connectivity index (χ4v) is 2.97. The van der Waals surface area contributed by atoms with E-state index in [1.54, 1.807) is 36.4 Å². The van der Waals surface area contributed by atoms with Crippen LogP contribution in [0.15, 0.2) is 36.4 Å². The van der Waals surface area contributed by atoms with Gasteiger partial charge < -0.3 is 18.9 Å². The molecule has 6 heteroatoms. The molecule has 0 fully saturated rings. The third kappa shape index (κ3) is 3.28. The number of rotatable bonds is 3. The maximum Gasteiger partial charge on any atom is 0.185 e. The van der Waals surface area contributed by atoms with Gasteiger partial charge in [-0.1, -0.05) is 17.7 Å². The van der Waals surface area contributed by atoms with Gasteiger partial charge in [0.05, 0.1) is 5.02 Å². The summed E-state index contributed by atoms with van der Waals surface area (Å²) in [6.45, 7) is 1.96. The lowest BCUT2D eigenvalue weighted by Crippen LogP contribution is -2.15. The SMILES string of the molecule is O=C(C=Cc1cc(Cl)c2c(c1)OCCO2)c1ccc2c(c1)OCCO2. The molecule has 0 saturated carbocycles. The van der Waals surface area contributed by atoms with Crippen molar-refractivity contribution in [2.75, 3.05) is 26.4 Å². The second-order valence-electron chi connectivity index (χ2n) is 5.58. The number of allylic oxidation sites excluding steroid dienone is 1. The van der Waals surface area contributed by atoms with Crippen LogP contribution in [0.3, 0.4) is 0 Å². The molecule has 0 amide bonds. The summed E-state index contributed by atoms with van der Waals surface area (Å²) >= 11 is 6.20. The summed E-state index contributed by atoms with van der Waals surface area (Å²) < 4.78 is 22.0. The Morgan fingerprint density at radius 1 is 0.880 bits per heavy atom. The van der Waals surface area contributed by atoms with E-state index in [2.05, 4.69) is 0 Å². The van der Waals surface area contributed by atoms with Crippen LogP contribution in [0.2, 0.25) is 5.02 Å². The first-order valence-electron chi connectivity index (χ1n) is 7.92. The number of ketones is 1. The number of carbonyl (C=O) groups is 1. The molecule has 2 heterocycles. The zero-order chi connectivity index (χ0) is 17.2. The Bertz CT molecular complexity index is 859. The summed E-state index contributed by atoms with van der Waals surface area (Å²) in [6.07, 6.45) is 3.19. The third-order valence-corrected chi connectivity index (χ3v) is 4.15. The number of carbonyl (C=O) groups excluding carboxylic acids is 1. The molecule has 0 spiro atoms. The highest BCUT2D eigenvalue weighted by Crippen LogP contribution is 2.38. The second kappa shape index (κ2) is 6.69. The van der Waals surface area contributed by atoms with Crippen LogP contribution in [-0.4, -0.2) is 32.2 Å². The van der Waals surface area contributed by atoms with Crippen LogP contribution in [-0.2, 0) is 0 Å². The van der Waals surface area contributed by atoms with E-state index >= 15 is 0 Å². The Balaban J connectivity index is 1.55. The van der Waals surface area contributed by atoms with Crippen molar-refractivity contribution < 1.29 is 23.7 Å². The molecule has 0 unspecified atom stereocenters. The van der Waals surface area contributed by atoms with Gasteiger partial charge in [-0.2, -0.15) is 0 Å². The monoisotopic (exact) mass is 358 g/mol. The lowest BCUT2D eigenvalue weighted by atomic mass is 10.1. The molecule has 2 aromatic rings. The van der Waals surface area contributed by atoms with E-state index < -0.39 is 0 Å². The number of ether oxygens (including phenoxy) is 4. The molecule has 25 heavy (non-hydrogen) atoms. The highest BCUT2D eigenvalue weighted by molar-refractivity contribution is 6.32. The van der Waals surface area contributed by atoms with Crippen LogP contribution in [0.1, 0.15) is 15.9 Å². The highest BCUT2D eigenvalue weighted by Gasteiger charge is 2.16. The Labute approximate surface area is 149 Å². The third-order valence-electron chi connectivity index (χ3n) is 3.87. The summed E-state index contributed by atoms with van der Waals surface area (Å²) in [4.78, 5) is 12.4. The molecule has 0 aromatic heterocycles. The number of benzene rings is 2. The molecule has 2 aliphatic rings. The van der Waals surface area contributed by atoms with Gasteiger partial charge in [0, 0.05) is 5.56 Å². The topological polar surface area (TPSA) is 54.0 Å². The molecule has 2 aromatic carbocycles. The number of halogens is 1. The van der Waals surface area contributed by atoms with Crippen molar-refractivity contribution in [1.82, 2.24) is 0 Å². The Kier molecular flexibility index (Phi) is 4.24. The van der Waals surface area contributed by atoms with Crippen molar-refractivity contribution in [3.63, 3.8) is 0 Å². The van der Waals surface area contributed by atoms with Gasteiger partial charge in [0.2, 0.25) is 0 Å². The zero-order valence-electron chi connectivity index (χ0n) is 13.3. The van der Waals surface area contributed by atoms with Gasteiger partial charge in [-0.3, -0.25) is 4.79 Å². The average Bonchev–Trinajstić information content (AvgIpc) is 2.66. The van der Waals surface area contributed by atoms with E-state index in [1.807, 2.05) is 0 Å². The van der Waals surface area contributed by atoms with Gasteiger partial charge in [0.25, 0.3) is 0 Å². The minimum absolute atomic E-state index is 0.136. The summed E-state index contributed by atoms with van der Waals surface area (Å²) in [7, 11) is 0. The van der Waals surface area contributed by atoms with E-state index in [1.165, 1.54) is 6.08 Å². The summed E-state index contributed by atoms with van der Waals surface area (Å²) in [6, 6.07) is 8.70. The van der Waals surface area contributed by atoms with Crippen LogP contribution < -0.4 is 18.9 Å². The molecule has 0 atom stereocenters. The van der Waals surface area contributed by atoms with E-state index in [0.29, 0.717) is 60.0 Å². The first-order valence-corrected chi connectivity index (χ1v) is 8.30. The van der Waals surface area contributed by atoms with Crippen molar-refractivity contribution in [2.45, 2.75) is 0 Å². The van der Waals surface area contributed by atoms with E-state index in [-0.39, 0.29) is 5.78 Å². The molecule has 0 saturated heterocycles.